The molecule has 1 aliphatic heterocycles. The van der Waals surface area contributed by atoms with E-state index in [0.717, 1.165) is 59.7 Å². The van der Waals surface area contributed by atoms with Crippen LogP contribution in [0.4, 0.5) is 0 Å². The molecule has 0 aliphatic carbocycles. The normalized spacial score (nSPS) is 17.3. The van der Waals surface area contributed by atoms with Crippen molar-refractivity contribution in [2.45, 2.75) is 26.3 Å². The van der Waals surface area contributed by atoms with E-state index < -0.39 is 0 Å². The largest absolute Gasteiger partial charge is 0.440 e. The molecule has 1 unspecified atom stereocenters. The molecule has 0 spiro atoms. The number of benzene rings is 1. The molecule has 4 heterocycles. The number of piperidine rings is 1. The Labute approximate surface area is 185 Å². The Balaban J connectivity index is 1.17. The van der Waals surface area contributed by atoms with Crippen LogP contribution in [0.2, 0.25) is 0 Å². The fourth-order valence-corrected chi connectivity index (χ4v) is 4.93. The molecule has 1 saturated heterocycles. The smallest absolute Gasteiger partial charge is 0.267 e. The van der Waals surface area contributed by atoms with Gasteiger partial charge in [0.2, 0.25) is 5.89 Å². The summed E-state index contributed by atoms with van der Waals surface area (Å²) in [6.07, 6.45) is 2.25. The van der Waals surface area contributed by atoms with E-state index in [9.17, 15) is 4.79 Å². The highest BCUT2D eigenvalue weighted by atomic mass is 32.1. The quantitative estimate of drug-likeness (QED) is 0.456. The number of carbonyl (C=O) groups is 1. The molecular weight excluding hydrogens is 408 g/mol. The number of oxazole rings is 1. The van der Waals surface area contributed by atoms with Gasteiger partial charge in [-0.05, 0) is 55.8 Å². The molecule has 0 radical (unpaired) electrons. The number of carbonyl (C=O) groups excluding carboxylic acids is 1. The van der Waals surface area contributed by atoms with E-state index in [1.54, 1.807) is 11.3 Å². The Bertz CT molecular complexity index is 1140. The lowest BCUT2D eigenvalue weighted by Gasteiger charge is -2.32. The maximum absolute atomic E-state index is 12.6. The van der Waals surface area contributed by atoms with Crippen LogP contribution in [0.15, 0.2) is 52.3 Å². The molecule has 5 rings (SSSR count). The predicted octanol–water partition coefficient (Wildman–Crippen LogP) is 4.83. The van der Waals surface area contributed by atoms with Crippen LogP contribution in [0.5, 0.6) is 0 Å². The van der Waals surface area contributed by atoms with Crippen LogP contribution in [-0.4, -0.2) is 40.4 Å². The van der Waals surface area contributed by atoms with E-state index in [2.05, 4.69) is 15.2 Å². The van der Waals surface area contributed by atoms with Crippen LogP contribution in [0.3, 0.4) is 0 Å². The summed E-state index contributed by atoms with van der Waals surface area (Å²) < 4.78 is 5.89. The minimum absolute atomic E-state index is 0.0405. The highest BCUT2D eigenvalue weighted by molar-refractivity contribution is 7.13. The van der Waals surface area contributed by atoms with Crippen LogP contribution in [0.1, 0.15) is 34.8 Å². The van der Waals surface area contributed by atoms with Crippen molar-refractivity contribution in [2.24, 2.45) is 5.92 Å². The van der Waals surface area contributed by atoms with Gasteiger partial charge in [0.1, 0.15) is 11.5 Å². The lowest BCUT2D eigenvalue weighted by atomic mass is 9.97. The van der Waals surface area contributed by atoms with Gasteiger partial charge in [0.25, 0.3) is 5.91 Å². The SMILES string of the molecule is Cc1oc(-c2cccs2)nc1CN1CCCC(CNC(=O)c2cc3ccccc3[nH]2)C1. The molecule has 1 fully saturated rings. The topological polar surface area (TPSA) is 74.2 Å². The third kappa shape index (κ3) is 4.43. The fourth-order valence-electron chi connectivity index (χ4n) is 4.28. The molecule has 1 atom stereocenters. The summed E-state index contributed by atoms with van der Waals surface area (Å²) in [5.74, 6) is 1.99. The van der Waals surface area contributed by atoms with E-state index in [1.807, 2.05) is 54.8 Å². The van der Waals surface area contributed by atoms with Gasteiger partial charge in [-0.15, -0.1) is 11.3 Å². The third-order valence-electron chi connectivity index (χ3n) is 5.93. The lowest BCUT2D eigenvalue weighted by Crippen LogP contribution is -2.40. The van der Waals surface area contributed by atoms with Gasteiger partial charge < -0.3 is 14.7 Å². The summed E-state index contributed by atoms with van der Waals surface area (Å²) in [6, 6.07) is 13.9. The van der Waals surface area contributed by atoms with Crippen molar-refractivity contribution in [3.05, 3.63) is 65.0 Å². The zero-order chi connectivity index (χ0) is 21.2. The second-order valence-corrected chi connectivity index (χ2v) is 9.17. The predicted molar refractivity (Wildman–Crippen MR) is 123 cm³/mol. The summed E-state index contributed by atoms with van der Waals surface area (Å²) in [4.78, 5) is 24.0. The number of hydrogen-bond acceptors (Lipinski definition) is 5. The van der Waals surface area contributed by atoms with Crippen LogP contribution in [-0.2, 0) is 6.54 Å². The van der Waals surface area contributed by atoms with E-state index in [1.165, 1.54) is 0 Å². The van der Waals surface area contributed by atoms with Gasteiger partial charge in [0, 0.05) is 30.5 Å². The second kappa shape index (κ2) is 8.69. The molecule has 1 aliphatic rings. The zero-order valence-corrected chi connectivity index (χ0v) is 18.4. The van der Waals surface area contributed by atoms with Gasteiger partial charge in [-0.2, -0.15) is 0 Å². The molecule has 2 N–H and O–H groups in total. The van der Waals surface area contributed by atoms with Gasteiger partial charge in [-0.3, -0.25) is 9.69 Å². The first-order valence-corrected chi connectivity index (χ1v) is 11.6. The number of H-pyrrole nitrogens is 1. The minimum Gasteiger partial charge on any atom is -0.440 e. The summed E-state index contributed by atoms with van der Waals surface area (Å²) in [5, 5.41) is 6.21. The Kier molecular flexibility index (Phi) is 5.61. The summed E-state index contributed by atoms with van der Waals surface area (Å²) in [7, 11) is 0. The molecule has 1 aromatic carbocycles. The molecule has 31 heavy (non-hydrogen) atoms. The maximum atomic E-state index is 12.6. The van der Waals surface area contributed by atoms with Crippen molar-refractivity contribution < 1.29 is 9.21 Å². The molecular formula is C24H26N4O2S. The van der Waals surface area contributed by atoms with Crippen LogP contribution in [0, 0.1) is 12.8 Å². The van der Waals surface area contributed by atoms with Gasteiger partial charge in [0.15, 0.2) is 0 Å². The number of nitrogens with zero attached hydrogens (tertiary/aromatic N) is 2. The van der Waals surface area contributed by atoms with E-state index in [4.69, 9.17) is 9.40 Å². The Hall–Kier alpha value is -2.90. The van der Waals surface area contributed by atoms with Crippen LogP contribution >= 0.6 is 11.3 Å². The van der Waals surface area contributed by atoms with Crippen LogP contribution < -0.4 is 5.32 Å². The number of likely N-dealkylation sites (tertiary alicyclic amines) is 1. The standard InChI is InChI=1S/C24H26N4O2S/c1-16-21(27-24(30-16)22-9-5-11-31-22)15-28-10-4-6-17(14-28)13-25-23(29)20-12-18-7-2-3-8-19(18)26-20/h2-3,5,7-9,11-12,17,26H,4,6,10,13-15H2,1H3,(H,25,29). The number of nitrogens with one attached hydrogen (secondary N) is 2. The van der Waals surface area contributed by atoms with Crippen molar-refractivity contribution >= 4 is 28.1 Å². The van der Waals surface area contributed by atoms with Crippen molar-refractivity contribution in [1.82, 2.24) is 20.2 Å². The molecule has 0 bridgehead atoms. The highest BCUT2D eigenvalue weighted by Gasteiger charge is 2.23. The molecule has 3 aromatic heterocycles. The molecule has 1 amide bonds. The van der Waals surface area contributed by atoms with Crippen LogP contribution in [0.25, 0.3) is 21.7 Å². The van der Waals surface area contributed by atoms with Crippen molar-refractivity contribution in [3.8, 4) is 10.8 Å². The number of aromatic nitrogens is 2. The number of thiophene rings is 1. The molecule has 160 valence electrons. The van der Waals surface area contributed by atoms with E-state index >= 15 is 0 Å². The first kappa shape index (κ1) is 20.0. The lowest BCUT2D eigenvalue weighted by molar-refractivity contribution is 0.0926. The van der Waals surface area contributed by atoms with Crippen molar-refractivity contribution in [2.75, 3.05) is 19.6 Å². The summed E-state index contributed by atoms with van der Waals surface area (Å²) in [6.45, 7) is 5.46. The molecule has 0 saturated carbocycles. The number of aryl methyl sites for hydroxylation is 1. The summed E-state index contributed by atoms with van der Waals surface area (Å²) in [5.41, 5.74) is 2.61. The minimum atomic E-state index is -0.0405. The third-order valence-corrected chi connectivity index (χ3v) is 6.78. The summed E-state index contributed by atoms with van der Waals surface area (Å²) >= 11 is 1.64. The Morgan fingerprint density at radius 1 is 1.32 bits per heavy atom. The average molecular weight is 435 g/mol. The number of aromatic amines is 1. The zero-order valence-electron chi connectivity index (χ0n) is 17.6. The highest BCUT2D eigenvalue weighted by Crippen LogP contribution is 2.27. The number of para-hydroxylation sites is 1. The van der Waals surface area contributed by atoms with Gasteiger partial charge in [-0.25, -0.2) is 4.98 Å². The molecule has 6 nitrogen and oxygen atoms in total. The first-order valence-electron chi connectivity index (χ1n) is 10.7. The monoisotopic (exact) mass is 434 g/mol. The number of fused-ring (bicyclic) bond motifs is 1. The number of rotatable bonds is 6. The maximum Gasteiger partial charge on any atom is 0.267 e. The molecule has 7 heteroatoms. The second-order valence-electron chi connectivity index (χ2n) is 8.22. The van der Waals surface area contributed by atoms with Crippen molar-refractivity contribution in [3.63, 3.8) is 0 Å². The first-order chi connectivity index (χ1) is 15.2. The average Bonchev–Trinajstić information content (AvgIpc) is 3.52. The van der Waals surface area contributed by atoms with Gasteiger partial charge in [-0.1, -0.05) is 24.3 Å². The fraction of sp³-hybridized carbons (Fsp3) is 0.333. The van der Waals surface area contributed by atoms with E-state index in [-0.39, 0.29) is 5.91 Å². The van der Waals surface area contributed by atoms with E-state index in [0.29, 0.717) is 24.0 Å². The molecule has 4 aromatic rings. The Morgan fingerprint density at radius 3 is 3.06 bits per heavy atom. The van der Waals surface area contributed by atoms with Gasteiger partial charge >= 0.3 is 0 Å². The number of amides is 1. The Morgan fingerprint density at radius 2 is 2.23 bits per heavy atom. The number of hydrogen-bond donors (Lipinski definition) is 2. The van der Waals surface area contributed by atoms with Gasteiger partial charge in [0.05, 0.1) is 10.6 Å². The van der Waals surface area contributed by atoms with Crippen molar-refractivity contribution in [1.29, 1.82) is 0 Å².